The third-order valence-corrected chi connectivity index (χ3v) is 5.80. The predicted molar refractivity (Wildman–Crippen MR) is 98.5 cm³/mol. The third-order valence-electron chi connectivity index (χ3n) is 4.06. The molecule has 1 saturated heterocycles. The van der Waals surface area contributed by atoms with Gasteiger partial charge in [0, 0.05) is 4.47 Å². The summed E-state index contributed by atoms with van der Waals surface area (Å²) in [6.45, 7) is 0. The molecule has 1 fully saturated rings. The third kappa shape index (κ3) is 3.51. The molecule has 3 N–H and O–H groups in total. The van der Waals surface area contributed by atoms with Crippen molar-refractivity contribution in [3.8, 4) is 0 Å². The molecule has 0 bridgehead atoms. The number of rotatable bonds is 3. The quantitative estimate of drug-likeness (QED) is 0.605. The van der Waals surface area contributed by atoms with Crippen LogP contribution in [0.3, 0.4) is 0 Å². The van der Waals surface area contributed by atoms with Crippen LogP contribution in [-0.2, 0) is 10.5 Å². The number of aliphatic hydroxyl groups is 1. The van der Waals surface area contributed by atoms with Gasteiger partial charge in [0.1, 0.15) is 5.92 Å². The second-order valence-electron chi connectivity index (χ2n) is 5.71. The van der Waals surface area contributed by atoms with E-state index in [-0.39, 0.29) is 9.99 Å². The largest absolute Gasteiger partial charge is 0.450 e. The van der Waals surface area contributed by atoms with Crippen LogP contribution in [0.15, 0.2) is 46.3 Å². The van der Waals surface area contributed by atoms with Gasteiger partial charge in [0.15, 0.2) is 10.8 Å². The number of carbonyl (C=O) groups is 1. The molecule has 0 unspecified atom stereocenters. The molecule has 26 heavy (non-hydrogen) atoms. The summed E-state index contributed by atoms with van der Waals surface area (Å²) >= 11 is 9.38. The van der Waals surface area contributed by atoms with Crippen LogP contribution in [0.4, 0.5) is 13.2 Å². The maximum atomic E-state index is 13.3. The zero-order valence-corrected chi connectivity index (χ0v) is 16.1. The van der Waals surface area contributed by atoms with Gasteiger partial charge in [0.2, 0.25) is 5.78 Å². The number of ketones is 1. The molecule has 0 spiro atoms. The molecule has 1 aromatic carbocycles. The Morgan fingerprint density at radius 3 is 2.46 bits per heavy atom. The van der Waals surface area contributed by atoms with Gasteiger partial charge in [-0.2, -0.15) is 13.2 Å². The smallest absolute Gasteiger partial charge is 0.366 e. The monoisotopic (exact) mass is 464 g/mol. The fraction of sp³-hybridized carbons (Fsp3) is 0.250. The summed E-state index contributed by atoms with van der Waals surface area (Å²) in [5.41, 5.74) is -1.88. The molecule has 2 aromatic rings. The van der Waals surface area contributed by atoms with E-state index in [2.05, 4.69) is 26.6 Å². The lowest BCUT2D eigenvalue weighted by atomic mass is 9.78. The Morgan fingerprint density at radius 1 is 1.27 bits per heavy atom. The van der Waals surface area contributed by atoms with Gasteiger partial charge in [-0.3, -0.25) is 4.79 Å². The highest BCUT2D eigenvalue weighted by molar-refractivity contribution is 9.10. The molecule has 0 saturated carbocycles. The lowest BCUT2D eigenvalue weighted by Gasteiger charge is -2.45. The van der Waals surface area contributed by atoms with E-state index in [1.165, 1.54) is 6.07 Å². The maximum Gasteiger partial charge on any atom is 0.450 e. The molecule has 0 aliphatic carbocycles. The van der Waals surface area contributed by atoms with E-state index in [4.69, 9.17) is 12.2 Å². The first kappa shape index (κ1) is 19.3. The van der Waals surface area contributed by atoms with Crippen LogP contribution in [0.2, 0.25) is 0 Å². The highest BCUT2D eigenvalue weighted by atomic mass is 79.9. The number of alkyl halides is 3. The van der Waals surface area contributed by atoms with Crippen LogP contribution in [0, 0.1) is 5.92 Å². The molecule has 1 aliphatic rings. The number of thiophene rings is 1. The molecule has 3 atom stereocenters. The minimum atomic E-state index is -5.12. The topological polar surface area (TPSA) is 61.4 Å². The van der Waals surface area contributed by atoms with Gasteiger partial charge in [-0.05, 0) is 41.4 Å². The molecule has 1 aliphatic heterocycles. The summed E-state index contributed by atoms with van der Waals surface area (Å²) in [7, 11) is 0. The van der Waals surface area contributed by atoms with Crippen LogP contribution < -0.4 is 10.6 Å². The number of Topliss-reactive ketones (excluding diaryl/α,β-unsaturated/α-hetero) is 1. The van der Waals surface area contributed by atoms with Crippen molar-refractivity contribution < 1.29 is 23.1 Å². The lowest BCUT2D eigenvalue weighted by molar-refractivity contribution is -0.189. The second kappa shape index (κ2) is 6.91. The van der Waals surface area contributed by atoms with Gasteiger partial charge < -0.3 is 15.7 Å². The standard InChI is InChI=1S/C16H12BrF3N2O2S2/c17-9-5-3-8(4-6-9)12-11(13(23)16(18,19)20)15(24,22-14(25)21-12)10-2-1-7-26-10/h1-7,11-12,24H,(H2,21,22,25)/t11-,12-,15-/m0/s1. The van der Waals surface area contributed by atoms with Crippen molar-refractivity contribution in [2.24, 2.45) is 5.92 Å². The summed E-state index contributed by atoms with van der Waals surface area (Å²) in [5.74, 6) is -3.90. The Morgan fingerprint density at radius 2 is 1.92 bits per heavy atom. The van der Waals surface area contributed by atoms with E-state index in [1.807, 2.05) is 0 Å². The van der Waals surface area contributed by atoms with E-state index in [0.717, 1.165) is 15.8 Å². The van der Waals surface area contributed by atoms with Gasteiger partial charge in [0.25, 0.3) is 0 Å². The highest BCUT2D eigenvalue weighted by Gasteiger charge is 2.59. The zero-order chi connectivity index (χ0) is 19.1. The van der Waals surface area contributed by atoms with Crippen molar-refractivity contribution in [2.45, 2.75) is 17.9 Å². The SMILES string of the molecule is O=C([C@@H]1[C@H](c2ccc(Br)cc2)NC(=S)N[C@]1(O)c1cccs1)C(F)(F)F. The predicted octanol–water partition coefficient (Wildman–Crippen LogP) is 3.62. The number of hydrogen-bond acceptors (Lipinski definition) is 4. The zero-order valence-electron chi connectivity index (χ0n) is 12.9. The number of hydrogen-bond donors (Lipinski definition) is 3. The minimum Gasteiger partial charge on any atom is -0.366 e. The number of thiocarbonyl (C=S) groups is 1. The molecule has 1 aromatic heterocycles. The first-order valence-electron chi connectivity index (χ1n) is 7.34. The van der Waals surface area contributed by atoms with E-state index in [1.54, 1.807) is 35.7 Å². The van der Waals surface area contributed by atoms with Crippen molar-refractivity contribution in [1.29, 1.82) is 0 Å². The van der Waals surface area contributed by atoms with Gasteiger partial charge in [-0.15, -0.1) is 11.3 Å². The summed E-state index contributed by atoms with van der Waals surface area (Å²) in [6, 6.07) is 8.30. The van der Waals surface area contributed by atoms with E-state index in [0.29, 0.717) is 5.56 Å². The maximum absolute atomic E-state index is 13.3. The van der Waals surface area contributed by atoms with E-state index < -0.39 is 29.6 Å². The number of carbonyl (C=O) groups excluding carboxylic acids is 1. The average molecular weight is 465 g/mol. The number of halogens is 4. The highest BCUT2D eigenvalue weighted by Crippen LogP contribution is 2.44. The summed E-state index contributed by atoms with van der Waals surface area (Å²) in [4.78, 5) is 12.4. The Balaban J connectivity index is 2.16. The molecule has 138 valence electrons. The second-order valence-corrected chi connectivity index (χ2v) is 7.98. The minimum absolute atomic E-state index is 0.0416. The Labute approximate surface area is 164 Å². The molecule has 10 heteroatoms. The van der Waals surface area contributed by atoms with Crippen molar-refractivity contribution in [3.63, 3.8) is 0 Å². The fourth-order valence-corrected chi connectivity index (χ4v) is 4.29. The molecule has 0 radical (unpaired) electrons. The van der Waals surface area contributed by atoms with Crippen LogP contribution in [0.5, 0.6) is 0 Å². The lowest BCUT2D eigenvalue weighted by Crippen LogP contribution is -2.66. The molecular formula is C16H12BrF3N2O2S2. The molecule has 2 heterocycles. The Kier molecular flexibility index (Phi) is 5.13. The van der Waals surface area contributed by atoms with Gasteiger partial charge in [-0.25, -0.2) is 0 Å². The Bertz CT molecular complexity index is 827. The van der Waals surface area contributed by atoms with E-state index in [9.17, 15) is 23.1 Å². The van der Waals surface area contributed by atoms with Crippen molar-refractivity contribution in [1.82, 2.24) is 10.6 Å². The summed E-state index contributed by atoms with van der Waals surface area (Å²) in [5, 5.41) is 17.8. The average Bonchev–Trinajstić information content (AvgIpc) is 3.08. The van der Waals surface area contributed by atoms with Crippen molar-refractivity contribution >= 4 is 50.4 Å². The van der Waals surface area contributed by atoms with Gasteiger partial charge in [0.05, 0.1) is 10.9 Å². The number of benzene rings is 1. The molecule has 0 amide bonds. The molecule has 4 nitrogen and oxygen atoms in total. The van der Waals surface area contributed by atoms with Crippen LogP contribution in [0.1, 0.15) is 16.5 Å². The van der Waals surface area contributed by atoms with Crippen molar-refractivity contribution in [3.05, 3.63) is 56.7 Å². The van der Waals surface area contributed by atoms with Crippen LogP contribution >= 0.6 is 39.5 Å². The number of nitrogens with one attached hydrogen (secondary N) is 2. The first-order chi connectivity index (χ1) is 12.1. The van der Waals surface area contributed by atoms with Crippen LogP contribution in [-0.4, -0.2) is 22.2 Å². The summed E-state index contributed by atoms with van der Waals surface area (Å²) < 4.78 is 40.7. The normalized spacial score (nSPS) is 26.1. The van der Waals surface area contributed by atoms with E-state index >= 15 is 0 Å². The van der Waals surface area contributed by atoms with Gasteiger partial charge >= 0.3 is 6.18 Å². The first-order valence-corrected chi connectivity index (χ1v) is 9.42. The fourth-order valence-electron chi connectivity index (χ4n) is 2.93. The Hall–Kier alpha value is -1.49. The molecule has 3 rings (SSSR count). The van der Waals surface area contributed by atoms with Crippen LogP contribution in [0.25, 0.3) is 0 Å². The van der Waals surface area contributed by atoms with Gasteiger partial charge in [-0.1, -0.05) is 34.1 Å². The van der Waals surface area contributed by atoms with Crippen molar-refractivity contribution in [2.75, 3.05) is 0 Å². The summed E-state index contributed by atoms with van der Waals surface area (Å²) in [6.07, 6.45) is -5.12. The molecular weight excluding hydrogens is 453 g/mol.